The van der Waals surface area contributed by atoms with Crippen molar-refractivity contribution >= 4 is 0 Å². The van der Waals surface area contributed by atoms with Gasteiger partial charge in [-0.05, 0) is 26.0 Å². The van der Waals surface area contributed by atoms with Crippen LogP contribution in [0.3, 0.4) is 0 Å². The van der Waals surface area contributed by atoms with Crippen molar-refractivity contribution in [2.24, 2.45) is 0 Å². The van der Waals surface area contributed by atoms with Crippen molar-refractivity contribution in [3.63, 3.8) is 0 Å². The van der Waals surface area contributed by atoms with Crippen LogP contribution in [0.25, 0.3) is 0 Å². The van der Waals surface area contributed by atoms with Gasteiger partial charge in [0, 0.05) is 6.04 Å². The van der Waals surface area contributed by atoms with Gasteiger partial charge < -0.3 is 5.32 Å². The second-order valence-corrected chi connectivity index (χ2v) is 3.36. The lowest BCUT2D eigenvalue weighted by molar-refractivity contribution is 0.516. The van der Waals surface area contributed by atoms with E-state index < -0.39 is 0 Å². The average molecular weight is 153 g/mol. The zero-order chi connectivity index (χ0) is 7.94. The van der Waals surface area contributed by atoms with Crippen LogP contribution >= 0.6 is 0 Å². The molecule has 0 heterocycles. The maximum absolute atomic E-state index is 3.43. The summed E-state index contributed by atoms with van der Waals surface area (Å²) in [5.74, 6) is 0. The van der Waals surface area contributed by atoms with E-state index in [1.54, 1.807) is 0 Å². The van der Waals surface area contributed by atoms with Gasteiger partial charge in [0.2, 0.25) is 0 Å². The smallest absolute Gasteiger partial charge is 0.0255 e. The molecule has 1 N–H and O–H groups in total. The van der Waals surface area contributed by atoms with Crippen LogP contribution in [0.5, 0.6) is 0 Å². The fourth-order valence-corrected chi connectivity index (χ4v) is 1.68. The average Bonchev–Trinajstić information content (AvgIpc) is 2.28. The Balaban J connectivity index is 2.19. The summed E-state index contributed by atoms with van der Waals surface area (Å²) in [4.78, 5) is 0. The Bertz CT molecular complexity index is 110. The van der Waals surface area contributed by atoms with E-state index in [1.807, 2.05) is 0 Å². The van der Waals surface area contributed by atoms with E-state index in [0.717, 1.165) is 6.04 Å². The molecular formula is C10H19N. The number of hydrogen-bond donors (Lipinski definition) is 1. The quantitative estimate of drug-likeness (QED) is 0.601. The van der Waals surface area contributed by atoms with Crippen molar-refractivity contribution < 1.29 is 0 Å². The Labute approximate surface area is 69.9 Å². The zero-order valence-corrected chi connectivity index (χ0v) is 7.47. The summed E-state index contributed by atoms with van der Waals surface area (Å²) in [7, 11) is 0. The maximum atomic E-state index is 3.43. The molecule has 0 bridgehead atoms. The first-order valence-electron chi connectivity index (χ1n) is 4.80. The standard InChI is InChI=1S/C10H19N/c1-2-9-11-10-7-5-3-4-6-8-10/h2,9-11H,3-8H2,1H3/b9-2-. The third-order valence-electron chi connectivity index (χ3n) is 2.35. The van der Waals surface area contributed by atoms with Crippen molar-refractivity contribution in [3.8, 4) is 0 Å². The van der Waals surface area contributed by atoms with Gasteiger partial charge in [0.15, 0.2) is 0 Å². The molecule has 0 atom stereocenters. The van der Waals surface area contributed by atoms with Crippen LogP contribution in [0.2, 0.25) is 0 Å². The third kappa shape index (κ3) is 3.45. The van der Waals surface area contributed by atoms with Crippen LogP contribution < -0.4 is 5.32 Å². The molecule has 1 heteroatoms. The molecule has 0 aromatic rings. The van der Waals surface area contributed by atoms with Crippen LogP contribution in [0.4, 0.5) is 0 Å². The molecule has 11 heavy (non-hydrogen) atoms. The minimum Gasteiger partial charge on any atom is -0.388 e. The van der Waals surface area contributed by atoms with Crippen molar-refractivity contribution in [1.29, 1.82) is 0 Å². The van der Waals surface area contributed by atoms with E-state index in [0.29, 0.717) is 0 Å². The van der Waals surface area contributed by atoms with Crippen LogP contribution in [-0.2, 0) is 0 Å². The van der Waals surface area contributed by atoms with Gasteiger partial charge in [-0.25, -0.2) is 0 Å². The maximum Gasteiger partial charge on any atom is 0.0255 e. The van der Waals surface area contributed by atoms with E-state index in [2.05, 4.69) is 24.5 Å². The molecule has 0 saturated heterocycles. The second kappa shape index (κ2) is 5.22. The first kappa shape index (κ1) is 8.63. The Hall–Kier alpha value is -0.460. The molecule has 0 aromatic heterocycles. The van der Waals surface area contributed by atoms with Gasteiger partial charge in [0.25, 0.3) is 0 Å². The van der Waals surface area contributed by atoms with Gasteiger partial charge in [-0.2, -0.15) is 0 Å². The molecule has 0 aromatic carbocycles. The van der Waals surface area contributed by atoms with E-state index in [9.17, 15) is 0 Å². The molecule has 1 rings (SSSR count). The third-order valence-corrected chi connectivity index (χ3v) is 2.35. The molecule has 1 fully saturated rings. The summed E-state index contributed by atoms with van der Waals surface area (Å²) in [6, 6.07) is 0.758. The molecule has 1 saturated carbocycles. The number of hydrogen-bond acceptors (Lipinski definition) is 1. The van der Waals surface area contributed by atoms with Gasteiger partial charge in [0.05, 0.1) is 0 Å². The van der Waals surface area contributed by atoms with E-state index in [-0.39, 0.29) is 0 Å². The molecule has 0 spiro atoms. The minimum atomic E-state index is 0.758. The van der Waals surface area contributed by atoms with Crippen LogP contribution in [0.15, 0.2) is 12.3 Å². The van der Waals surface area contributed by atoms with Crippen LogP contribution in [0.1, 0.15) is 45.4 Å². The fourth-order valence-electron chi connectivity index (χ4n) is 1.68. The van der Waals surface area contributed by atoms with Crippen molar-refractivity contribution in [2.45, 2.75) is 51.5 Å². The molecule has 1 aliphatic carbocycles. The first-order valence-corrected chi connectivity index (χ1v) is 4.80. The Kier molecular flexibility index (Phi) is 4.10. The lowest BCUT2D eigenvalue weighted by Crippen LogP contribution is -2.22. The molecule has 64 valence electrons. The van der Waals surface area contributed by atoms with Gasteiger partial charge in [0.1, 0.15) is 0 Å². The normalized spacial score (nSPS) is 21.9. The predicted octanol–water partition coefficient (Wildman–Crippen LogP) is 2.83. The van der Waals surface area contributed by atoms with Crippen molar-refractivity contribution in [2.75, 3.05) is 0 Å². The summed E-state index contributed by atoms with van der Waals surface area (Å²) in [5.41, 5.74) is 0. The molecule has 0 unspecified atom stereocenters. The second-order valence-electron chi connectivity index (χ2n) is 3.36. The predicted molar refractivity (Wildman–Crippen MR) is 49.4 cm³/mol. The fraction of sp³-hybridized carbons (Fsp3) is 0.800. The van der Waals surface area contributed by atoms with E-state index >= 15 is 0 Å². The lowest BCUT2D eigenvalue weighted by Gasteiger charge is -2.13. The van der Waals surface area contributed by atoms with Gasteiger partial charge in [-0.3, -0.25) is 0 Å². The molecular weight excluding hydrogens is 134 g/mol. The number of allylic oxidation sites excluding steroid dienone is 1. The lowest BCUT2D eigenvalue weighted by atomic mass is 10.1. The summed E-state index contributed by atoms with van der Waals surface area (Å²) in [5, 5.41) is 3.43. The van der Waals surface area contributed by atoms with Gasteiger partial charge >= 0.3 is 0 Å². The Morgan fingerprint density at radius 1 is 1.09 bits per heavy atom. The van der Waals surface area contributed by atoms with Crippen molar-refractivity contribution in [1.82, 2.24) is 5.32 Å². The van der Waals surface area contributed by atoms with Gasteiger partial charge in [-0.1, -0.05) is 31.8 Å². The minimum absolute atomic E-state index is 0.758. The number of nitrogens with one attached hydrogen (secondary N) is 1. The molecule has 1 nitrogen and oxygen atoms in total. The summed E-state index contributed by atoms with van der Waals surface area (Å²) >= 11 is 0. The summed E-state index contributed by atoms with van der Waals surface area (Å²) < 4.78 is 0. The molecule has 0 aliphatic heterocycles. The largest absolute Gasteiger partial charge is 0.388 e. The van der Waals surface area contributed by atoms with Crippen molar-refractivity contribution in [3.05, 3.63) is 12.3 Å². The summed E-state index contributed by atoms with van der Waals surface area (Å²) in [6.45, 7) is 2.06. The van der Waals surface area contributed by atoms with E-state index in [4.69, 9.17) is 0 Å². The SMILES string of the molecule is C/C=C\NC1CCCCCC1. The molecule has 1 aliphatic rings. The number of rotatable bonds is 2. The zero-order valence-electron chi connectivity index (χ0n) is 7.47. The van der Waals surface area contributed by atoms with E-state index in [1.165, 1.54) is 38.5 Å². The van der Waals surface area contributed by atoms with Gasteiger partial charge in [-0.15, -0.1) is 0 Å². The highest BCUT2D eigenvalue weighted by Crippen LogP contribution is 2.16. The highest BCUT2D eigenvalue weighted by atomic mass is 14.9. The Morgan fingerprint density at radius 3 is 2.27 bits per heavy atom. The summed E-state index contributed by atoms with van der Waals surface area (Å²) in [6.07, 6.45) is 12.6. The highest BCUT2D eigenvalue weighted by Gasteiger charge is 2.08. The highest BCUT2D eigenvalue weighted by molar-refractivity contribution is 4.80. The first-order chi connectivity index (χ1) is 5.43. The molecule has 0 radical (unpaired) electrons. The Morgan fingerprint density at radius 2 is 1.73 bits per heavy atom. The molecule has 0 amide bonds. The monoisotopic (exact) mass is 153 g/mol. The topological polar surface area (TPSA) is 12.0 Å². The van der Waals surface area contributed by atoms with Crippen LogP contribution in [-0.4, -0.2) is 6.04 Å². The van der Waals surface area contributed by atoms with Crippen LogP contribution in [0, 0.1) is 0 Å².